The first-order valence-electron chi connectivity index (χ1n) is 4.37. The van der Waals surface area contributed by atoms with E-state index in [-0.39, 0.29) is 0 Å². The van der Waals surface area contributed by atoms with Crippen molar-refractivity contribution in [3.05, 3.63) is 26.6 Å². The summed E-state index contributed by atoms with van der Waals surface area (Å²) in [4.78, 5) is 10.7. The molecule has 0 aromatic heterocycles. The average molecular weight is 337 g/mol. The number of aryl methyl sites for hydroxylation is 1. The highest BCUT2D eigenvalue weighted by Crippen LogP contribution is 2.32. The Balaban J connectivity index is 3.00. The van der Waals surface area contributed by atoms with E-state index in [1.54, 1.807) is 6.92 Å². The average Bonchev–Trinajstić information content (AvgIpc) is 2.10. The van der Waals surface area contributed by atoms with Crippen molar-refractivity contribution < 1.29 is 9.90 Å². The summed E-state index contributed by atoms with van der Waals surface area (Å²) >= 11 is 6.78. The van der Waals surface area contributed by atoms with Gasteiger partial charge in [0, 0.05) is 8.95 Å². The van der Waals surface area contributed by atoms with Crippen molar-refractivity contribution in [1.82, 2.24) is 0 Å². The van der Waals surface area contributed by atoms with E-state index in [9.17, 15) is 4.79 Å². The molecule has 0 heterocycles. The van der Waals surface area contributed by atoms with E-state index in [0.29, 0.717) is 0 Å². The van der Waals surface area contributed by atoms with Gasteiger partial charge < -0.3 is 10.4 Å². The van der Waals surface area contributed by atoms with Crippen LogP contribution in [0.2, 0.25) is 0 Å². The Morgan fingerprint density at radius 2 is 1.87 bits per heavy atom. The van der Waals surface area contributed by atoms with Gasteiger partial charge in [-0.3, -0.25) is 4.79 Å². The Bertz CT molecular complexity index is 370. The molecule has 0 saturated carbocycles. The Kier molecular flexibility index (Phi) is 4.16. The monoisotopic (exact) mass is 335 g/mol. The van der Waals surface area contributed by atoms with Crippen LogP contribution < -0.4 is 5.32 Å². The highest BCUT2D eigenvalue weighted by atomic mass is 79.9. The van der Waals surface area contributed by atoms with Crippen LogP contribution in [-0.4, -0.2) is 17.1 Å². The first-order chi connectivity index (χ1) is 6.91. The summed E-state index contributed by atoms with van der Waals surface area (Å²) < 4.78 is 1.70. The number of nitrogens with one attached hydrogen (secondary N) is 1. The van der Waals surface area contributed by atoms with E-state index in [0.717, 1.165) is 20.2 Å². The number of carboxylic acid groups (broad SMARTS) is 1. The van der Waals surface area contributed by atoms with Crippen molar-refractivity contribution in [2.24, 2.45) is 0 Å². The fraction of sp³-hybridized carbons (Fsp3) is 0.300. The first kappa shape index (κ1) is 12.5. The minimum atomic E-state index is -0.880. The van der Waals surface area contributed by atoms with Crippen LogP contribution in [0.25, 0.3) is 0 Å². The molecule has 0 aliphatic heterocycles. The third-order valence-corrected chi connectivity index (χ3v) is 3.17. The van der Waals surface area contributed by atoms with Crippen LogP contribution >= 0.6 is 31.9 Å². The highest BCUT2D eigenvalue weighted by molar-refractivity contribution is 9.11. The second kappa shape index (κ2) is 4.99. The van der Waals surface area contributed by atoms with Crippen molar-refractivity contribution in [2.75, 3.05) is 5.32 Å². The summed E-state index contributed by atoms with van der Waals surface area (Å²) in [6.07, 6.45) is 0. The number of carboxylic acids is 1. The summed E-state index contributed by atoms with van der Waals surface area (Å²) in [5.41, 5.74) is 1.86. The van der Waals surface area contributed by atoms with Crippen LogP contribution in [0.5, 0.6) is 0 Å². The standard InChI is InChI=1S/C10H11Br2NO2/c1-5-3-7(11)9(8(12)4-5)13-6(2)10(14)15/h3-4,6,13H,1-2H3,(H,14,15). The molecule has 0 aliphatic rings. The van der Waals surface area contributed by atoms with Gasteiger partial charge in [-0.05, 0) is 63.4 Å². The lowest BCUT2D eigenvalue weighted by molar-refractivity contribution is -0.137. The third-order valence-electron chi connectivity index (χ3n) is 1.92. The van der Waals surface area contributed by atoms with Gasteiger partial charge in [-0.15, -0.1) is 0 Å². The zero-order valence-electron chi connectivity index (χ0n) is 8.34. The number of halogens is 2. The second-order valence-corrected chi connectivity index (χ2v) is 5.02. The summed E-state index contributed by atoms with van der Waals surface area (Å²) in [6, 6.07) is 3.24. The molecular formula is C10H11Br2NO2. The quantitative estimate of drug-likeness (QED) is 0.889. The summed E-state index contributed by atoms with van der Waals surface area (Å²) in [7, 11) is 0. The molecule has 5 heteroatoms. The minimum absolute atomic E-state index is 0.625. The predicted octanol–water partition coefficient (Wildman–Crippen LogP) is 3.41. The predicted molar refractivity (Wildman–Crippen MR) is 67.3 cm³/mol. The zero-order chi connectivity index (χ0) is 11.6. The van der Waals surface area contributed by atoms with Gasteiger partial charge in [-0.2, -0.15) is 0 Å². The molecule has 82 valence electrons. The van der Waals surface area contributed by atoms with Crippen molar-refractivity contribution in [2.45, 2.75) is 19.9 Å². The third kappa shape index (κ3) is 3.21. The Hall–Kier alpha value is -0.550. The fourth-order valence-electron chi connectivity index (χ4n) is 1.12. The molecule has 1 rings (SSSR count). The van der Waals surface area contributed by atoms with Gasteiger partial charge in [0.25, 0.3) is 0 Å². The number of aliphatic carboxylic acids is 1. The molecule has 0 amide bonds. The Morgan fingerprint density at radius 3 is 2.27 bits per heavy atom. The molecule has 0 saturated heterocycles. The van der Waals surface area contributed by atoms with Crippen molar-refractivity contribution in [3.8, 4) is 0 Å². The molecule has 0 spiro atoms. The molecule has 2 N–H and O–H groups in total. The SMILES string of the molecule is Cc1cc(Br)c(NC(C)C(=O)O)c(Br)c1. The first-order valence-corrected chi connectivity index (χ1v) is 5.95. The van der Waals surface area contributed by atoms with E-state index in [2.05, 4.69) is 37.2 Å². The second-order valence-electron chi connectivity index (χ2n) is 3.31. The Labute approximate surface area is 105 Å². The molecule has 0 radical (unpaired) electrons. The minimum Gasteiger partial charge on any atom is -0.480 e. The molecule has 3 nitrogen and oxygen atoms in total. The van der Waals surface area contributed by atoms with Gasteiger partial charge in [-0.25, -0.2) is 0 Å². The van der Waals surface area contributed by atoms with Crippen molar-refractivity contribution >= 4 is 43.5 Å². The van der Waals surface area contributed by atoms with Crippen LogP contribution in [0.15, 0.2) is 21.1 Å². The molecule has 0 aliphatic carbocycles. The smallest absolute Gasteiger partial charge is 0.325 e. The van der Waals surface area contributed by atoms with Crippen LogP contribution in [0.1, 0.15) is 12.5 Å². The van der Waals surface area contributed by atoms with E-state index >= 15 is 0 Å². The maximum absolute atomic E-state index is 10.7. The summed E-state index contributed by atoms with van der Waals surface area (Å²) in [5, 5.41) is 11.7. The van der Waals surface area contributed by atoms with Crippen LogP contribution in [0.3, 0.4) is 0 Å². The highest BCUT2D eigenvalue weighted by Gasteiger charge is 2.14. The van der Waals surface area contributed by atoms with Gasteiger partial charge in [0.1, 0.15) is 6.04 Å². The number of hydrogen-bond donors (Lipinski definition) is 2. The number of benzene rings is 1. The van der Waals surface area contributed by atoms with Gasteiger partial charge in [0.15, 0.2) is 0 Å². The Morgan fingerprint density at radius 1 is 1.40 bits per heavy atom. The molecule has 1 aromatic rings. The molecule has 1 aromatic carbocycles. The lowest BCUT2D eigenvalue weighted by Gasteiger charge is -2.14. The van der Waals surface area contributed by atoms with Crippen molar-refractivity contribution in [1.29, 1.82) is 0 Å². The maximum Gasteiger partial charge on any atom is 0.325 e. The van der Waals surface area contributed by atoms with Gasteiger partial charge >= 0.3 is 5.97 Å². The van der Waals surface area contributed by atoms with Gasteiger partial charge in [-0.1, -0.05) is 0 Å². The lowest BCUT2D eigenvalue weighted by atomic mass is 10.2. The molecule has 0 bridgehead atoms. The van der Waals surface area contributed by atoms with Crippen LogP contribution in [-0.2, 0) is 4.79 Å². The number of rotatable bonds is 3. The molecular weight excluding hydrogens is 326 g/mol. The van der Waals surface area contributed by atoms with Crippen LogP contribution in [0.4, 0.5) is 5.69 Å². The topological polar surface area (TPSA) is 49.3 Å². The van der Waals surface area contributed by atoms with E-state index < -0.39 is 12.0 Å². The number of carbonyl (C=O) groups is 1. The fourth-order valence-corrected chi connectivity index (χ4v) is 2.76. The van der Waals surface area contributed by atoms with E-state index in [1.807, 2.05) is 19.1 Å². The van der Waals surface area contributed by atoms with Crippen LogP contribution in [0, 0.1) is 6.92 Å². The summed E-state index contributed by atoms with van der Waals surface area (Å²) in [5.74, 6) is -0.880. The number of anilines is 1. The molecule has 0 fully saturated rings. The number of hydrogen-bond acceptors (Lipinski definition) is 2. The van der Waals surface area contributed by atoms with E-state index in [1.165, 1.54) is 0 Å². The largest absolute Gasteiger partial charge is 0.480 e. The summed E-state index contributed by atoms with van der Waals surface area (Å²) in [6.45, 7) is 3.57. The lowest BCUT2D eigenvalue weighted by Crippen LogP contribution is -2.25. The normalized spacial score (nSPS) is 12.3. The van der Waals surface area contributed by atoms with Gasteiger partial charge in [0.2, 0.25) is 0 Å². The van der Waals surface area contributed by atoms with E-state index in [4.69, 9.17) is 5.11 Å². The molecule has 15 heavy (non-hydrogen) atoms. The van der Waals surface area contributed by atoms with Crippen molar-refractivity contribution in [3.63, 3.8) is 0 Å². The molecule has 1 atom stereocenters. The zero-order valence-corrected chi connectivity index (χ0v) is 11.5. The van der Waals surface area contributed by atoms with Gasteiger partial charge in [0.05, 0.1) is 5.69 Å². The maximum atomic E-state index is 10.7. The molecule has 1 unspecified atom stereocenters.